The summed E-state index contributed by atoms with van der Waals surface area (Å²) in [6, 6.07) is 1.35. The predicted octanol–water partition coefficient (Wildman–Crippen LogP) is 3.04. The van der Waals surface area contributed by atoms with Crippen LogP contribution in [0.25, 0.3) is 0 Å². The minimum Gasteiger partial charge on any atom is -0.383 e. The summed E-state index contributed by atoms with van der Waals surface area (Å²) in [6.07, 6.45) is 8.55. The smallest absolute Gasteiger partial charge is 0.0630 e. The Bertz CT molecular complexity index is 285. The minimum atomic E-state index is 0.188. The molecule has 1 aliphatic heterocycles. The van der Waals surface area contributed by atoms with Gasteiger partial charge in [0.15, 0.2) is 0 Å². The first-order valence-electron chi connectivity index (χ1n) is 8.51. The van der Waals surface area contributed by atoms with Gasteiger partial charge in [-0.1, -0.05) is 12.8 Å². The molecule has 0 aromatic carbocycles. The van der Waals surface area contributed by atoms with Crippen molar-refractivity contribution in [3.8, 4) is 0 Å². The van der Waals surface area contributed by atoms with E-state index in [9.17, 15) is 0 Å². The van der Waals surface area contributed by atoms with Gasteiger partial charge >= 0.3 is 0 Å². The molecule has 2 rings (SSSR count). The Labute approximate surface area is 125 Å². The largest absolute Gasteiger partial charge is 0.383 e. The highest BCUT2D eigenvalue weighted by atomic mass is 16.5. The van der Waals surface area contributed by atoms with E-state index in [1.165, 1.54) is 45.1 Å². The summed E-state index contributed by atoms with van der Waals surface area (Å²) in [5.41, 5.74) is 0.188. The van der Waals surface area contributed by atoms with Gasteiger partial charge in [-0.25, -0.2) is 0 Å². The van der Waals surface area contributed by atoms with Crippen LogP contribution in [0.4, 0.5) is 0 Å². The zero-order chi connectivity index (χ0) is 14.6. The minimum absolute atomic E-state index is 0.188. The third-order valence-corrected chi connectivity index (χ3v) is 4.98. The van der Waals surface area contributed by atoms with Crippen molar-refractivity contribution in [1.29, 1.82) is 0 Å². The molecule has 1 heterocycles. The van der Waals surface area contributed by atoms with E-state index in [4.69, 9.17) is 4.74 Å². The predicted molar refractivity (Wildman–Crippen MR) is 85.1 cm³/mol. The zero-order valence-corrected chi connectivity index (χ0v) is 14.0. The topological polar surface area (TPSA) is 24.5 Å². The molecule has 0 amide bonds. The summed E-state index contributed by atoms with van der Waals surface area (Å²) in [4.78, 5) is 2.77. The Morgan fingerprint density at radius 2 is 1.85 bits per heavy atom. The highest BCUT2D eigenvalue weighted by Gasteiger charge is 2.36. The van der Waals surface area contributed by atoms with Crippen LogP contribution >= 0.6 is 0 Å². The average molecular weight is 282 g/mol. The third-order valence-electron chi connectivity index (χ3n) is 4.98. The molecule has 0 spiro atoms. The first kappa shape index (κ1) is 16.3. The fourth-order valence-corrected chi connectivity index (χ4v) is 4.00. The number of methoxy groups -OCH3 is 1. The number of ether oxygens (including phenoxy) is 1. The molecule has 1 saturated carbocycles. The maximum absolute atomic E-state index is 5.52. The maximum atomic E-state index is 5.52. The van der Waals surface area contributed by atoms with E-state index in [2.05, 4.69) is 31.0 Å². The van der Waals surface area contributed by atoms with Crippen LogP contribution in [-0.4, -0.2) is 49.3 Å². The second-order valence-electron chi connectivity index (χ2n) is 7.73. The molecule has 3 atom stereocenters. The number of hydrogen-bond donors (Lipinski definition) is 1. The summed E-state index contributed by atoms with van der Waals surface area (Å²) in [7, 11) is 1.84. The lowest BCUT2D eigenvalue weighted by Gasteiger charge is -2.48. The van der Waals surface area contributed by atoms with Crippen LogP contribution < -0.4 is 5.32 Å². The first-order chi connectivity index (χ1) is 9.51. The highest BCUT2D eigenvalue weighted by Crippen LogP contribution is 2.36. The quantitative estimate of drug-likeness (QED) is 0.839. The maximum Gasteiger partial charge on any atom is 0.0630 e. The molecule has 0 aromatic heterocycles. The number of hydrogen-bond acceptors (Lipinski definition) is 3. The van der Waals surface area contributed by atoms with Crippen LogP contribution in [0.2, 0.25) is 0 Å². The van der Waals surface area contributed by atoms with E-state index < -0.39 is 0 Å². The lowest BCUT2D eigenvalue weighted by molar-refractivity contribution is -0.00478. The number of nitrogens with zero attached hydrogens (tertiary/aromatic N) is 1. The fraction of sp³-hybridized carbons (Fsp3) is 1.00. The molecule has 1 aliphatic carbocycles. The summed E-state index contributed by atoms with van der Waals surface area (Å²) in [5, 5.41) is 3.68. The van der Waals surface area contributed by atoms with Gasteiger partial charge in [-0.3, -0.25) is 4.90 Å². The van der Waals surface area contributed by atoms with Crippen molar-refractivity contribution in [2.45, 2.75) is 76.9 Å². The number of likely N-dealkylation sites (tertiary alicyclic amines) is 1. The van der Waals surface area contributed by atoms with Gasteiger partial charge in [-0.05, 0) is 58.9 Å². The lowest BCUT2D eigenvalue weighted by Crippen LogP contribution is -2.57. The van der Waals surface area contributed by atoms with E-state index in [1.54, 1.807) is 0 Å². The molecule has 1 saturated heterocycles. The highest BCUT2D eigenvalue weighted by molar-refractivity contribution is 4.92. The molecule has 3 nitrogen and oxygen atoms in total. The van der Waals surface area contributed by atoms with Gasteiger partial charge in [0.2, 0.25) is 0 Å². The molecular formula is C17H34N2O. The molecule has 118 valence electrons. The van der Waals surface area contributed by atoms with Gasteiger partial charge in [0.25, 0.3) is 0 Å². The van der Waals surface area contributed by atoms with Crippen LogP contribution in [-0.2, 0) is 4.74 Å². The van der Waals surface area contributed by atoms with Crippen molar-refractivity contribution in [3.63, 3.8) is 0 Å². The number of nitrogens with one attached hydrogen (secondary N) is 1. The van der Waals surface area contributed by atoms with Crippen molar-refractivity contribution in [2.75, 3.05) is 26.8 Å². The molecule has 2 fully saturated rings. The number of rotatable bonds is 5. The Morgan fingerprint density at radius 3 is 2.55 bits per heavy atom. The van der Waals surface area contributed by atoms with Crippen LogP contribution in [0.3, 0.4) is 0 Å². The second kappa shape index (κ2) is 7.24. The Kier molecular flexibility index (Phi) is 5.88. The zero-order valence-electron chi connectivity index (χ0n) is 14.0. The Balaban J connectivity index is 1.98. The summed E-state index contributed by atoms with van der Waals surface area (Å²) in [5.74, 6) is 0.950. The third kappa shape index (κ3) is 4.44. The van der Waals surface area contributed by atoms with Crippen LogP contribution in [0.1, 0.15) is 59.3 Å². The van der Waals surface area contributed by atoms with Crippen LogP contribution in [0.15, 0.2) is 0 Å². The monoisotopic (exact) mass is 282 g/mol. The summed E-state index contributed by atoms with van der Waals surface area (Å²) >= 11 is 0. The Hall–Kier alpha value is -0.120. The van der Waals surface area contributed by atoms with Gasteiger partial charge in [-0.2, -0.15) is 0 Å². The van der Waals surface area contributed by atoms with Gasteiger partial charge in [0.05, 0.1) is 6.61 Å². The molecule has 0 bridgehead atoms. The van der Waals surface area contributed by atoms with Crippen molar-refractivity contribution in [2.24, 2.45) is 5.92 Å². The summed E-state index contributed by atoms with van der Waals surface area (Å²) < 4.78 is 5.52. The SMILES string of the molecule is COCC(CNC(C)(C)C)N1CCC[C@H]2CCCC[C@H]21. The molecule has 0 aromatic rings. The van der Waals surface area contributed by atoms with Crippen molar-refractivity contribution < 1.29 is 4.74 Å². The molecule has 3 heteroatoms. The first-order valence-corrected chi connectivity index (χ1v) is 8.51. The van der Waals surface area contributed by atoms with Gasteiger partial charge in [0.1, 0.15) is 0 Å². The van der Waals surface area contributed by atoms with Gasteiger partial charge in [-0.15, -0.1) is 0 Å². The average Bonchev–Trinajstić information content (AvgIpc) is 2.42. The van der Waals surface area contributed by atoms with Crippen molar-refractivity contribution >= 4 is 0 Å². The van der Waals surface area contributed by atoms with E-state index in [0.717, 1.165) is 25.1 Å². The van der Waals surface area contributed by atoms with Crippen LogP contribution in [0, 0.1) is 5.92 Å². The van der Waals surface area contributed by atoms with Crippen LogP contribution in [0.5, 0.6) is 0 Å². The van der Waals surface area contributed by atoms with E-state index in [0.29, 0.717) is 6.04 Å². The van der Waals surface area contributed by atoms with Gasteiger partial charge < -0.3 is 10.1 Å². The number of fused-ring (bicyclic) bond motifs is 1. The number of piperidine rings is 1. The molecule has 2 aliphatic rings. The molecule has 1 unspecified atom stereocenters. The standard InChI is InChI=1S/C17H34N2O/c1-17(2,3)18-12-15(13-20-4)19-11-7-9-14-8-5-6-10-16(14)19/h14-16,18H,5-13H2,1-4H3/t14-,15?,16-/m1/s1. The van der Waals surface area contributed by atoms with Crippen molar-refractivity contribution in [1.82, 2.24) is 10.2 Å². The van der Waals surface area contributed by atoms with Crippen molar-refractivity contribution in [3.05, 3.63) is 0 Å². The van der Waals surface area contributed by atoms with E-state index in [-0.39, 0.29) is 5.54 Å². The second-order valence-corrected chi connectivity index (χ2v) is 7.73. The summed E-state index contributed by atoms with van der Waals surface area (Å²) in [6.45, 7) is 9.90. The molecule has 0 radical (unpaired) electrons. The molecule has 1 N–H and O–H groups in total. The fourth-order valence-electron chi connectivity index (χ4n) is 4.00. The normalized spacial score (nSPS) is 30.0. The molecular weight excluding hydrogens is 248 g/mol. The van der Waals surface area contributed by atoms with E-state index in [1.807, 2.05) is 7.11 Å². The van der Waals surface area contributed by atoms with Gasteiger partial charge in [0, 0.05) is 31.3 Å². The lowest BCUT2D eigenvalue weighted by atomic mass is 9.77. The van der Waals surface area contributed by atoms with E-state index >= 15 is 0 Å². The Morgan fingerprint density at radius 1 is 1.15 bits per heavy atom. The molecule has 20 heavy (non-hydrogen) atoms.